The average Bonchev–Trinajstić information content (AvgIpc) is 1.85. The Morgan fingerprint density at radius 1 is 1.33 bits per heavy atom. The maximum absolute atomic E-state index is 3.76. The molecule has 0 radical (unpaired) electrons. The summed E-state index contributed by atoms with van der Waals surface area (Å²) in [6.07, 6.45) is 8.81. The van der Waals surface area contributed by atoms with Crippen molar-refractivity contribution in [2.45, 2.75) is 40.5 Å². The van der Waals surface area contributed by atoms with E-state index in [4.69, 9.17) is 0 Å². The third kappa shape index (κ3) is 6.21. The van der Waals surface area contributed by atoms with Crippen molar-refractivity contribution in [2.75, 3.05) is 0 Å². The fourth-order valence-corrected chi connectivity index (χ4v) is 1.10. The molecule has 0 amide bonds. The van der Waals surface area contributed by atoms with Gasteiger partial charge in [-0.25, -0.2) is 0 Å². The molecule has 0 aromatic rings. The fourth-order valence-electron chi connectivity index (χ4n) is 1.10. The third-order valence-electron chi connectivity index (χ3n) is 1.85. The first-order chi connectivity index (χ1) is 5.48. The van der Waals surface area contributed by atoms with E-state index in [9.17, 15) is 0 Å². The predicted molar refractivity (Wildman–Crippen MR) is 57.2 cm³/mol. The van der Waals surface area contributed by atoms with Crippen LogP contribution in [0.5, 0.6) is 0 Å². The van der Waals surface area contributed by atoms with E-state index in [0.717, 1.165) is 12.3 Å². The number of hydrogen-bond donors (Lipinski definition) is 0. The normalized spacial score (nSPS) is 12.8. The zero-order valence-corrected chi connectivity index (χ0v) is 8.93. The van der Waals surface area contributed by atoms with E-state index >= 15 is 0 Å². The fraction of sp³-hybridized carbons (Fsp3) is 0.667. The second-order valence-electron chi connectivity index (χ2n) is 4.51. The molecular formula is C12H22. The molecule has 12 heavy (non-hydrogen) atoms. The van der Waals surface area contributed by atoms with Gasteiger partial charge in [0.1, 0.15) is 0 Å². The van der Waals surface area contributed by atoms with Gasteiger partial charge in [-0.3, -0.25) is 0 Å². The summed E-state index contributed by atoms with van der Waals surface area (Å²) in [5.74, 6) is 0.765. The van der Waals surface area contributed by atoms with E-state index in [0.29, 0.717) is 0 Å². The molecular weight excluding hydrogens is 144 g/mol. The Hall–Kier alpha value is -0.520. The van der Waals surface area contributed by atoms with Gasteiger partial charge in [0.25, 0.3) is 0 Å². The van der Waals surface area contributed by atoms with Crippen LogP contribution in [0.25, 0.3) is 0 Å². The smallest absolute Gasteiger partial charge is 0.0140 e. The van der Waals surface area contributed by atoms with Gasteiger partial charge in [-0.1, -0.05) is 45.9 Å². The summed E-state index contributed by atoms with van der Waals surface area (Å²) in [4.78, 5) is 0. The van der Waals surface area contributed by atoms with Crippen LogP contribution in [0, 0.1) is 11.3 Å². The van der Waals surface area contributed by atoms with Crippen molar-refractivity contribution in [3.63, 3.8) is 0 Å². The van der Waals surface area contributed by atoms with Crippen molar-refractivity contribution >= 4 is 0 Å². The van der Waals surface area contributed by atoms with Gasteiger partial charge in [0.05, 0.1) is 0 Å². The lowest BCUT2D eigenvalue weighted by molar-refractivity contribution is 0.485. The Kier molecular flexibility index (Phi) is 4.96. The van der Waals surface area contributed by atoms with Crippen molar-refractivity contribution in [1.29, 1.82) is 0 Å². The summed E-state index contributed by atoms with van der Waals surface area (Å²) >= 11 is 0. The van der Waals surface area contributed by atoms with Crippen LogP contribution in [0.1, 0.15) is 40.5 Å². The maximum atomic E-state index is 3.76. The lowest BCUT2D eigenvalue weighted by Gasteiger charge is -2.17. The first-order valence-electron chi connectivity index (χ1n) is 4.76. The second-order valence-corrected chi connectivity index (χ2v) is 4.51. The molecule has 0 aliphatic rings. The van der Waals surface area contributed by atoms with Crippen LogP contribution >= 0.6 is 0 Å². The van der Waals surface area contributed by atoms with Gasteiger partial charge in [-0.05, 0) is 24.2 Å². The van der Waals surface area contributed by atoms with Crippen LogP contribution in [0.4, 0.5) is 0 Å². The van der Waals surface area contributed by atoms with Gasteiger partial charge in [0.2, 0.25) is 0 Å². The highest BCUT2D eigenvalue weighted by Gasteiger charge is 2.10. The van der Waals surface area contributed by atoms with E-state index in [1.54, 1.807) is 0 Å². The first kappa shape index (κ1) is 11.5. The summed E-state index contributed by atoms with van der Waals surface area (Å²) in [7, 11) is 0. The van der Waals surface area contributed by atoms with Crippen LogP contribution in [0.2, 0.25) is 0 Å². The van der Waals surface area contributed by atoms with Gasteiger partial charge in [0, 0.05) is 0 Å². The molecule has 0 unspecified atom stereocenters. The van der Waals surface area contributed by atoms with Crippen molar-refractivity contribution in [2.24, 2.45) is 11.3 Å². The van der Waals surface area contributed by atoms with Gasteiger partial charge >= 0.3 is 0 Å². The Balaban J connectivity index is 3.86. The third-order valence-corrected chi connectivity index (χ3v) is 1.85. The molecule has 0 heteroatoms. The molecule has 0 atom stereocenters. The molecule has 0 aromatic heterocycles. The number of rotatable bonds is 5. The SMILES string of the molecule is C=CCC(C)(C)C=CCC(C)C. The Labute approximate surface area is 77.4 Å². The zero-order valence-electron chi connectivity index (χ0n) is 8.93. The standard InChI is InChI=1S/C12H22/c1-6-9-12(4,5)10-7-8-11(2)3/h6-7,10-11H,1,8-9H2,2-5H3. The molecule has 0 nitrogen and oxygen atoms in total. The maximum Gasteiger partial charge on any atom is -0.0140 e. The molecule has 0 saturated heterocycles. The average molecular weight is 166 g/mol. The highest BCUT2D eigenvalue weighted by atomic mass is 14.1. The second kappa shape index (κ2) is 5.18. The van der Waals surface area contributed by atoms with Crippen LogP contribution in [-0.2, 0) is 0 Å². The van der Waals surface area contributed by atoms with Gasteiger partial charge < -0.3 is 0 Å². The van der Waals surface area contributed by atoms with E-state index < -0.39 is 0 Å². The summed E-state index contributed by atoms with van der Waals surface area (Å²) in [6.45, 7) is 12.7. The minimum atomic E-state index is 0.288. The van der Waals surface area contributed by atoms with E-state index in [2.05, 4.69) is 46.4 Å². The molecule has 0 aliphatic carbocycles. The van der Waals surface area contributed by atoms with E-state index in [1.165, 1.54) is 6.42 Å². The summed E-state index contributed by atoms with van der Waals surface area (Å²) in [6, 6.07) is 0. The molecule has 0 saturated carbocycles. The molecule has 0 aromatic carbocycles. The van der Waals surface area contributed by atoms with Crippen LogP contribution < -0.4 is 0 Å². The highest BCUT2D eigenvalue weighted by Crippen LogP contribution is 2.22. The van der Waals surface area contributed by atoms with Crippen molar-refractivity contribution in [1.82, 2.24) is 0 Å². The molecule has 70 valence electrons. The lowest BCUT2D eigenvalue weighted by atomic mass is 9.88. The molecule has 0 heterocycles. The van der Waals surface area contributed by atoms with Crippen LogP contribution in [-0.4, -0.2) is 0 Å². The van der Waals surface area contributed by atoms with Crippen molar-refractivity contribution in [3.8, 4) is 0 Å². The summed E-state index contributed by atoms with van der Waals surface area (Å²) < 4.78 is 0. The minimum Gasteiger partial charge on any atom is -0.103 e. The van der Waals surface area contributed by atoms with Gasteiger partial charge in [-0.15, -0.1) is 6.58 Å². The summed E-state index contributed by atoms with van der Waals surface area (Å²) in [5.41, 5.74) is 0.288. The summed E-state index contributed by atoms with van der Waals surface area (Å²) in [5, 5.41) is 0. The molecule has 0 fully saturated rings. The van der Waals surface area contributed by atoms with Gasteiger partial charge in [0.15, 0.2) is 0 Å². The minimum absolute atomic E-state index is 0.288. The molecule has 0 spiro atoms. The van der Waals surface area contributed by atoms with Crippen LogP contribution in [0.15, 0.2) is 24.8 Å². The van der Waals surface area contributed by atoms with E-state index in [-0.39, 0.29) is 5.41 Å². The predicted octanol–water partition coefficient (Wildman–Crippen LogP) is 4.19. The topological polar surface area (TPSA) is 0 Å². The van der Waals surface area contributed by atoms with Crippen molar-refractivity contribution < 1.29 is 0 Å². The molecule has 0 bridgehead atoms. The van der Waals surface area contributed by atoms with Crippen LogP contribution in [0.3, 0.4) is 0 Å². The Morgan fingerprint density at radius 2 is 1.92 bits per heavy atom. The Morgan fingerprint density at radius 3 is 2.33 bits per heavy atom. The number of hydrogen-bond acceptors (Lipinski definition) is 0. The highest BCUT2D eigenvalue weighted by molar-refractivity contribution is 4.98. The lowest BCUT2D eigenvalue weighted by Crippen LogP contribution is -2.04. The molecule has 0 N–H and O–H groups in total. The van der Waals surface area contributed by atoms with E-state index in [1.807, 2.05) is 6.08 Å². The number of allylic oxidation sites excluding steroid dienone is 3. The first-order valence-corrected chi connectivity index (χ1v) is 4.76. The quantitative estimate of drug-likeness (QED) is 0.537. The zero-order chi connectivity index (χ0) is 9.61. The monoisotopic (exact) mass is 166 g/mol. The Bertz CT molecular complexity index is 149. The molecule has 0 aliphatic heterocycles. The van der Waals surface area contributed by atoms with Gasteiger partial charge in [-0.2, -0.15) is 0 Å². The largest absolute Gasteiger partial charge is 0.103 e. The van der Waals surface area contributed by atoms with Crippen molar-refractivity contribution in [3.05, 3.63) is 24.8 Å². The molecule has 0 rings (SSSR count).